The highest BCUT2D eigenvalue weighted by Gasteiger charge is 2.18. The monoisotopic (exact) mass is 270 g/mol. The van der Waals surface area contributed by atoms with Gasteiger partial charge in [-0.1, -0.05) is 0 Å². The Balaban J connectivity index is 2.66. The summed E-state index contributed by atoms with van der Waals surface area (Å²) in [5.74, 6) is 1.61. The van der Waals surface area contributed by atoms with Gasteiger partial charge in [-0.3, -0.25) is 0 Å². The van der Waals surface area contributed by atoms with E-state index in [2.05, 4.69) is 10.6 Å². The van der Waals surface area contributed by atoms with E-state index in [0.717, 1.165) is 18.6 Å². The molecule has 0 aliphatic rings. The lowest BCUT2D eigenvalue weighted by Gasteiger charge is -2.07. The van der Waals surface area contributed by atoms with E-state index in [4.69, 9.17) is 12.2 Å². The minimum Gasteiger partial charge on any atom is -0.399 e. The normalized spacial score (nSPS) is 11.1. The van der Waals surface area contributed by atoms with Crippen LogP contribution in [0.25, 0.3) is 0 Å². The number of nitrogens with one attached hydrogen (secondary N) is 1. The highest BCUT2D eigenvalue weighted by atomic mass is 32.2. The average molecular weight is 270 g/mol. The van der Waals surface area contributed by atoms with Crippen molar-refractivity contribution in [3.63, 3.8) is 0 Å². The van der Waals surface area contributed by atoms with Crippen LogP contribution in [0.1, 0.15) is 19.3 Å². The van der Waals surface area contributed by atoms with E-state index >= 15 is 0 Å². The fourth-order valence-corrected chi connectivity index (χ4v) is 2.50. The van der Waals surface area contributed by atoms with Crippen LogP contribution in [-0.4, -0.2) is 15.0 Å². The first-order valence-electron chi connectivity index (χ1n) is 5.45. The van der Waals surface area contributed by atoms with Gasteiger partial charge < -0.3 is 5.73 Å². The highest BCUT2D eigenvalue weighted by molar-refractivity contribution is 7.89. The van der Waals surface area contributed by atoms with Gasteiger partial charge in [-0.15, -0.1) is 12.3 Å². The van der Waals surface area contributed by atoms with Crippen LogP contribution >= 0.6 is 0 Å². The molecule has 1 aromatic carbocycles. The van der Waals surface area contributed by atoms with Crippen LogP contribution in [0, 0.1) is 18.2 Å². The summed E-state index contributed by atoms with van der Waals surface area (Å²) in [6.07, 6.45) is 7.00. The Morgan fingerprint density at radius 3 is 2.72 bits per heavy atom. The lowest BCUT2D eigenvalue weighted by Crippen LogP contribution is -2.25. The highest BCUT2D eigenvalue weighted by Crippen LogP contribution is 2.16. The molecule has 0 aliphatic heterocycles. The van der Waals surface area contributed by atoms with Gasteiger partial charge in [-0.2, -0.15) is 0 Å². The molecule has 0 saturated carbocycles. The number of nitrogen functional groups attached to an aromatic ring is 1. The van der Waals surface area contributed by atoms with Crippen LogP contribution in [0.4, 0.5) is 10.1 Å². The second-order valence-electron chi connectivity index (χ2n) is 3.75. The van der Waals surface area contributed by atoms with Crippen molar-refractivity contribution in [2.45, 2.75) is 24.2 Å². The number of terminal acetylenes is 1. The fraction of sp³-hybridized carbons (Fsp3) is 0.333. The first kappa shape index (κ1) is 14.5. The largest absolute Gasteiger partial charge is 0.399 e. The third-order valence-corrected chi connectivity index (χ3v) is 3.78. The summed E-state index contributed by atoms with van der Waals surface area (Å²) in [6.45, 7) is 0.230. The Bertz CT molecular complexity index is 550. The number of anilines is 1. The molecule has 0 radical (unpaired) electrons. The van der Waals surface area contributed by atoms with Crippen molar-refractivity contribution in [2.75, 3.05) is 12.3 Å². The predicted octanol–water partition coefficient (Wildman–Crippen LogP) is 1.49. The Kier molecular flexibility index (Phi) is 5.13. The molecular formula is C12H15FN2O2S. The molecule has 0 aliphatic carbocycles. The third kappa shape index (κ3) is 4.02. The van der Waals surface area contributed by atoms with E-state index in [-0.39, 0.29) is 12.2 Å². The molecule has 0 aromatic heterocycles. The topological polar surface area (TPSA) is 72.2 Å². The molecule has 6 heteroatoms. The first-order valence-corrected chi connectivity index (χ1v) is 6.94. The molecule has 0 heterocycles. The van der Waals surface area contributed by atoms with Crippen LogP contribution in [-0.2, 0) is 10.0 Å². The van der Waals surface area contributed by atoms with Gasteiger partial charge in [0.15, 0.2) is 0 Å². The van der Waals surface area contributed by atoms with Gasteiger partial charge in [0.1, 0.15) is 10.7 Å². The Labute approximate surface area is 106 Å². The summed E-state index contributed by atoms with van der Waals surface area (Å²) >= 11 is 0. The van der Waals surface area contributed by atoms with Gasteiger partial charge in [0, 0.05) is 18.7 Å². The third-order valence-electron chi connectivity index (χ3n) is 2.29. The maximum absolute atomic E-state index is 13.5. The Morgan fingerprint density at radius 1 is 1.39 bits per heavy atom. The molecule has 0 amide bonds. The van der Waals surface area contributed by atoms with Crippen LogP contribution in [0.5, 0.6) is 0 Å². The van der Waals surface area contributed by atoms with E-state index in [1.54, 1.807) is 0 Å². The minimum absolute atomic E-state index is 0.181. The SMILES string of the molecule is C#CCCCCNS(=O)(=O)c1ccc(N)cc1F. The summed E-state index contributed by atoms with van der Waals surface area (Å²) < 4.78 is 39.3. The standard InChI is InChI=1S/C12H15FN2O2S/c1-2-3-4-5-8-15-18(16,17)12-7-6-10(14)9-11(12)13/h1,6-7,9,15H,3-5,8,14H2. The molecule has 0 spiro atoms. The second-order valence-corrected chi connectivity index (χ2v) is 5.48. The van der Waals surface area contributed by atoms with Gasteiger partial charge in [0.05, 0.1) is 0 Å². The molecule has 0 bridgehead atoms. The maximum Gasteiger partial charge on any atom is 0.243 e. The lowest BCUT2D eigenvalue weighted by atomic mass is 10.2. The van der Waals surface area contributed by atoms with Crippen molar-refractivity contribution in [1.29, 1.82) is 0 Å². The second kappa shape index (κ2) is 6.38. The van der Waals surface area contributed by atoms with Crippen LogP contribution in [0.3, 0.4) is 0 Å². The van der Waals surface area contributed by atoms with E-state index in [0.29, 0.717) is 12.8 Å². The van der Waals surface area contributed by atoms with Crippen molar-refractivity contribution in [2.24, 2.45) is 0 Å². The van der Waals surface area contributed by atoms with E-state index in [1.807, 2.05) is 0 Å². The minimum atomic E-state index is -3.83. The summed E-state index contributed by atoms with van der Waals surface area (Å²) in [7, 11) is -3.83. The van der Waals surface area contributed by atoms with Crippen molar-refractivity contribution in [3.8, 4) is 12.3 Å². The number of hydrogen-bond acceptors (Lipinski definition) is 3. The van der Waals surface area contributed by atoms with Crippen molar-refractivity contribution >= 4 is 15.7 Å². The molecule has 0 fully saturated rings. The smallest absolute Gasteiger partial charge is 0.243 e. The summed E-state index contributed by atoms with van der Waals surface area (Å²) in [4.78, 5) is -0.395. The number of halogens is 1. The molecular weight excluding hydrogens is 255 g/mol. The molecule has 3 N–H and O–H groups in total. The van der Waals surface area contributed by atoms with Gasteiger partial charge in [-0.05, 0) is 31.0 Å². The van der Waals surface area contributed by atoms with Gasteiger partial charge in [0.2, 0.25) is 10.0 Å². The number of nitrogens with two attached hydrogens (primary N) is 1. The first-order chi connectivity index (χ1) is 8.47. The molecule has 1 aromatic rings. The number of rotatable bonds is 6. The number of benzene rings is 1. The van der Waals surface area contributed by atoms with Gasteiger partial charge >= 0.3 is 0 Å². The number of hydrogen-bond donors (Lipinski definition) is 2. The number of unbranched alkanes of at least 4 members (excludes halogenated alkanes) is 2. The van der Waals surface area contributed by atoms with Crippen LogP contribution < -0.4 is 10.5 Å². The van der Waals surface area contributed by atoms with E-state index < -0.39 is 20.7 Å². The zero-order chi connectivity index (χ0) is 13.6. The molecule has 4 nitrogen and oxygen atoms in total. The zero-order valence-electron chi connectivity index (χ0n) is 9.82. The Morgan fingerprint density at radius 2 is 2.11 bits per heavy atom. The molecule has 0 unspecified atom stereocenters. The van der Waals surface area contributed by atoms with Crippen molar-refractivity contribution in [1.82, 2.24) is 4.72 Å². The van der Waals surface area contributed by atoms with Crippen LogP contribution in [0.15, 0.2) is 23.1 Å². The van der Waals surface area contributed by atoms with E-state index in [1.165, 1.54) is 6.07 Å². The van der Waals surface area contributed by atoms with Gasteiger partial charge in [0.25, 0.3) is 0 Å². The maximum atomic E-state index is 13.5. The van der Waals surface area contributed by atoms with Crippen molar-refractivity contribution in [3.05, 3.63) is 24.0 Å². The molecule has 1 rings (SSSR count). The zero-order valence-corrected chi connectivity index (χ0v) is 10.6. The fourth-order valence-electron chi connectivity index (χ4n) is 1.37. The van der Waals surface area contributed by atoms with Crippen molar-refractivity contribution < 1.29 is 12.8 Å². The molecule has 18 heavy (non-hydrogen) atoms. The van der Waals surface area contributed by atoms with Crippen LogP contribution in [0.2, 0.25) is 0 Å². The Hall–Kier alpha value is -1.58. The van der Waals surface area contributed by atoms with E-state index in [9.17, 15) is 12.8 Å². The summed E-state index contributed by atoms with van der Waals surface area (Å²) in [6, 6.07) is 3.47. The summed E-state index contributed by atoms with van der Waals surface area (Å²) in [5, 5.41) is 0. The predicted molar refractivity (Wildman–Crippen MR) is 68.7 cm³/mol. The quantitative estimate of drug-likeness (QED) is 0.467. The molecule has 0 atom stereocenters. The van der Waals surface area contributed by atoms with Gasteiger partial charge in [-0.25, -0.2) is 17.5 Å². The molecule has 98 valence electrons. The summed E-state index contributed by atoms with van der Waals surface area (Å²) in [5.41, 5.74) is 5.53. The average Bonchev–Trinajstić information content (AvgIpc) is 2.28. The number of sulfonamides is 1. The molecule has 0 saturated heterocycles. The lowest BCUT2D eigenvalue weighted by molar-refractivity contribution is 0.555.